The van der Waals surface area contributed by atoms with Gasteiger partial charge in [-0.3, -0.25) is 4.79 Å². The van der Waals surface area contributed by atoms with E-state index in [-0.39, 0.29) is 6.61 Å². The first kappa shape index (κ1) is 19.5. The van der Waals surface area contributed by atoms with Crippen molar-refractivity contribution in [2.45, 2.75) is 24.1 Å². The number of fused-ring (bicyclic) bond motifs is 1. The number of para-hydroxylation sites is 1. The number of nitrogens with zero attached hydrogens (tertiary/aromatic N) is 2. The molecular formula is C20H21N3O6. The second-order valence-electron chi connectivity index (χ2n) is 6.95. The van der Waals surface area contributed by atoms with Gasteiger partial charge in [-0.2, -0.15) is 0 Å². The van der Waals surface area contributed by atoms with Crippen molar-refractivity contribution in [2.75, 3.05) is 18.6 Å². The average Bonchev–Trinajstić information content (AvgIpc) is 2.75. The molecule has 1 aliphatic heterocycles. The Balaban J connectivity index is 1.75. The smallest absolute Gasteiger partial charge is 0.280 e. The summed E-state index contributed by atoms with van der Waals surface area (Å²) in [6.07, 6.45) is -4.69. The lowest BCUT2D eigenvalue weighted by Gasteiger charge is -2.41. The standard InChI is InChI=1S/C20H21N3O6/c24-15-10-29-20(28,17(26)16(15)25)11-21-23-18(12-6-2-1-3-7-12)22-14-9-5-4-8-13(14)19(23)27/h1-9,15-17,21,24-26,28H,10-11H2. The molecule has 0 saturated carbocycles. The Kier molecular flexibility index (Phi) is 5.07. The molecule has 3 aromatic rings. The van der Waals surface area contributed by atoms with Crippen LogP contribution in [0.5, 0.6) is 0 Å². The molecule has 2 heterocycles. The van der Waals surface area contributed by atoms with E-state index >= 15 is 0 Å². The van der Waals surface area contributed by atoms with E-state index in [1.165, 1.54) is 4.68 Å². The molecule has 0 spiro atoms. The Morgan fingerprint density at radius 2 is 1.79 bits per heavy atom. The van der Waals surface area contributed by atoms with Crippen molar-refractivity contribution in [1.82, 2.24) is 9.66 Å². The molecule has 4 rings (SSSR count). The summed E-state index contributed by atoms with van der Waals surface area (Å²) in [4.78, 5) is 17.6. The maximum absolute atomic E-state index is 13.1. The molecule has 0 radical (unpaired) electrons. The first-order valence-corrected chi connectivity index (χ1v) is 9.12. The van der Waals surface area contributed by atoms with Gasteiger partial charge in [-0.05, 0) is 12.1 Å². The van der Waals surface area contributed by atoms with Gasteiger partial charge in [0, 0.05) is 5.56 Å². The minimum atomic E-state index is -2.21. The van der Waals surface area contributed by atoms with E-state index in [0.29, 0.717) is 22.3 Å². The minimum Gasteiger partial charge on any atom is -0.388 e. The van der Waals surface area contributed by atoms with Crippen molar-refractivity contribution in [3.8, 4) is 11.4 Å². The number of aliphatic hydroxyl groups excluding tert-OH is 3. The van der Waals surface area contributed by atoms with Crippen molar-refractivity contribution in [1.29, 1.82) is 0 Å². The molecule has 152 valence electrons. The SMILES string of the molecule is O=c1c2ccccc2nc(-c2ccccc2)n1NCC1(O)OCC(O)C(O)C1O. The lowest BCUT2D eigenvalue weighted by molar-refractivity contribution is -0.314. The predicted octanol–water partition coefficient (Wildman–Crippen LogP) is -0.592. The van der Waals surface area contributed by atoms with E-state index in [9.17, 15) is 25.2 Å². The van der Waals surface area contributed by atoms with Crippen LogP contribution in [0.4, 0.5) is 0 Å². The van der Waals surface area contributed by atoms with Crippen LogP contribution in [-0.4, -0.2) is 67.3 Å². The summed E-state index contributed by atoms with van der Waals surface area (Å²) in [5.74, 6) is -1.90. The van der Waals surface area contributed by atoms with Crippen LogP contribution >= 0.6 is 0 Å². The van der Waals surface area contributed by atoms with E-state index in [1.54, 1.807) is 48.5 Å². The monoisotopic (exact) mass is 399 g/mol. The fourth-order valence-corrected chi connectivity index (χ4v) is 3.30. The number of aromatic nitrogens is 2. The van der Waals surface area contributed by atoms with Gasteiger partial charge in [0.1, 0.15) is 18.3 Å². The minimum absolute atomic E-state index is 0.309. The lowest BCUT2D eigenvalue weighted by Crippen LogP contribution is -2.64. The van der Waals surface area contributed by atoms with Gasteiger partial charge in [0.05, 0.1) is 24.1 Å². The van der Waals surface area contributed by atoms with Crippen molar-refractivity contribution < 1.29 is 25.2 Å². The van der Waals surface area contributed by atoms with Crippen LogP contribution in [0, 0.1) is 0 Å². The molecule has 29 heavy (non-hydrogen) atoms. The van der Waals surface area contributed by atoms with Gasteiger partial charge >= 0.3 is 0 Å². The number of hydrogen-bond acceptors (Lipinski definition) is 8. The second kappa shape index (κ2) is 7.54. The Morgan fingerprint density at radius 3 is 2.55 bits per heavy atom. The highest BCUT2D eigenvalue weighted by atomic mass is 16.6. The zero-order valence-electron chi connectivity index (χ0n) is 15.3. The summed E-state index contributed by atoms with van der Waals surface area (Å²) in [7, 11) is 0. The summed E-state index contributed by atoms with van der Waals surface area (Å²) < 4.78 is 6.32. The third-order valence-electron chi connectivity index (χ3n) is 4.98. The van der Waals surface area contributed by atoms with Crippen LogP contribution in [0.1, 0.15) is 0 Å². The van der Waals surface area contributed by atoms with E-state index in [1.807, 2.05) is 6.07 Å². The van der Waals surface area contributed by atoms with Crippen LogP contribution in [0.25, 0.3) is 22.3 Å². The number of aliphatic hydroxyl groups is 4. The highest BCUT2D eigenvalue weighted by Crippen LogP contribution is 2.24. The molecular weight excluding hydrogens is 378 g/mol. The Hall–Kier alpha value is -2.82. The number of hydrogen-bond donors (Lipinski definition) is 5. The van der Waals surface area contributed by atoms with E-state index in [4.69, 9.17) is 4.74 Å². The van der Waals surface area contributed by atoms with E-state index in [0.717, 1.165) is 0 Å². The van der Waals surface area contributed by atoms with Crippen LogP contribution < -0.4 is 11.0 Å². The Morgan fingerprint density at radius 1 is 1.10 bits per heavy atom. The van der Waals surface area contributed by atoms with Gasteiger partial charge in [0.15, 0.2) is 5.82 Å². The molecule has 1 aliphatic rings. The van der Waals surface area contributed by atoms with E-state index < -0.39 is 36.2 Å². The van der Waals surface area contributed by atoms with Crippen molar-refractivity contribution in [2.24, 2.45) is 0 Å². The van der Waals surface area contributed by atoms with Gasteiger partial charge in [0.2, 0.25) is 5.79 Å². The first-order valence-electron chi connectivity index (χ1n) is 9.12. The molecule has 0 aliphatic carbocycles. The predicted molar refractivity (Wildman–Crippen MR) is 105 cm³/mol. The summed E-state index contributed by atoms with van der Waals surface area (Å²) in [5.41, 5.74) is 3.54. The van der Waals surface area contributed by atoms with Crippen molar-refractivity contribution in [3.05, 3.63) is 65.0 Å². The third kappa shape index (κ3) is 3.50. The molecule has 9 nitrogen and oxygen atoms in total. The first-order chi connectivity index (χ1) is 13.9. The third-order valence-corrected chi connectivity index (χ3v) is 4.98. The van der Waals surface area contributed by atoms with Crippen LogP contribution in [-0.2, 0) is 4.74 Å². The summed E-state index contributed by atoms with van der Waals surface area (Å²) in [6, 6.07) is 15.9. The molecule has 4 atom stereocenters. The molecule has 1 fully saturated rings. The number of benzene rings is 2. The molecule has 2 aromatic carbocycles. The van der Waals surface area contributed by atoms with Crippen molar-refractivity contribution >= 4 is 10.9 Å². The number of ether oxygens (including phenoxy) is 1. The topological polar surface area (TPSA) is 137 Å². The van der Waals surface area contributed by atoms with E-state index in [2.05, 4.69) is 10.4 Å². The van der Waals surface area contributed by atoms with Gasteiger partial charge in [-0.25, -0.2) is 9.66 Å². The highest BCUT2D eigenvalue weighted by Gasteiger charge is 2.48. The molecule has 0 amide bonds. The molecule has 1 saturated heterocycles. The molecule has 9 heteroatoms. The summed E-state index contributed by atoms with van der Waals surface area (Å²) >= 11 is 0. The maximum atomic E-state index is 13.1. The molecule has 4 unspecified atom stereocenters. The normalized spacial score (nSPS) is 27.1. The fourth-order valence-electron chi connectivity index (χ4n) is 3.30. The zero-order valence-corrected chi connectivity index (χ0v) is 15.3. The highest BCUT2D eigenvalue weighted by molar-refractivity contribution is 5.79. The van der Waals surface area contributed by atoms with Gasteiger partial charge < -0.3 is 30.6 Å². The summed E-state index contributed by atoms with van der Waals surface area (Å²) in [6.45, 7) is -0.801. The maximum Gasteiger partial charge on any atom is 0.280 e. The molecule has 5 N–H and O–H groups in total. The fraction of sp³-hybridized carbons (Fsp3) is 0.300. The van der Waals surface area contributed by atoms with Gasteiger partial charge in [-0.1, -0.05) is 42.5 Å². The molecule has 1 aromatic heterocycles. The number of nitrogens with one attached hydrogen (secondary N) is 1. The quantitative estimate of drug-likeness (QED) is 0.393. The second-order valence-corrected chi connectivity index (χ2v) is 6.95. The van der Waals surface area contributed by atoms with Crippen molar-refractivity contribution in [3.63, 3.8) is 0 Å². The lowest BCUT2D eigenvalue weighted by atomic mass is 9.97. The van der Waals surface area contributed by atoms with Crippen LogP contribution in [0.2, 0.25) is 0 Å². The zero-order chi connectivity index (χ0) is 20.6. The Labute approximate surface area is 165 Å². The van der Waals surface area contributed by atoms with Gasteiger partial charge in [0.25, 0.3) is 5.56 Å². The largest absolute Gasteiger partial charge is 0.388 e. The van der Waals surface area contributed by atoms with Gasteiger partial charge in [-0.15, -0.1) is 0 Å². The van der Waals surface area contributed by atoms with Crippen LogP contribution in [0.15, 0.2) is 59.4 Å². The Bertz CT molecular complexity index is 1070. The van der Waals surface area contributed by atoms with Crippen LogP contribution in [0.3, 0.4) is 0 Å². The number of rotatable bonds is 4. The average molecular weight is 399 g/mol. The summed E-state index contributed by atoms with van der Waals surface area (Å²) in [5, 5.41) is 40.6. The molecule has 0 bridgehead atoms.